The summed E-state index contributed by atoms with van der Waals surface area (Å²) in [5.41, 5.74) is 0. The predicted molar refractivity (Wildman–Crippen MR) is 77.7 cm³/mol. The van der Waals surface area contributed by atoms with Crippen LogP contribution in [0, 0.1) is 0 Å². The molecule has 5 heteroatoms. The normalized spacial score (nSPS) is 20.6. The van der Waals surface area contributed by atoms with Gasteiger partial charge in [-0.1, -0.05) is 0 Å². The molecular formula is C13H20N4S. The highest BCUT2D eigenvalue weighted by molar-refractivity contribution is 7.99. The van der Waals surface area contributed by atoms with Crippen LogP contribution in [0.3, 0.4) is 0 Å². The molecule has 2 fully saturated rings. The smallest absolute Gasteiger partial charge is 0.136 e. The largest absolute Gasteiger partial charge is 0.373 e. The third kappa shape index (κ3) is 2.71. The van der Waals surface area contributed by atoms with Gasteiger partial charge in [-0.25, -0.2) is 9.97 Å². The van der Waals surface area contributed by atoms with Crippen molar-refractivity contribution >= 4 is 23.4 Å². The van der Waals surface area contributed by atoms with E-state index in [0.717, 1.165) is 30.5 Å². The van der Waals surface area contributed by atoms with Crippen molar-refractivity contribution in [1.82, 2.24) is 9.97 Å². The topological polar surface area (TPSA) is 41.0 Å². The summed E-state index contributed by atoms with van der Waals surface area (Å²) >= 11 is 2.05. The van der Waals surface area contributed by atoms with Gasteiger partial charge in [-0.05, 0) is 25.0 Å². The molecule has 18 heavy (non-hydrogen) atoms. The Morgan fingerprint density at radius 3 is 2.94 bits per heavy atom. The average molecular weight is 264 g/mol. The summed E-state index contributed by atoms with van der Waals surface area (Å²) in [6.07, 6.45) is 3.76. The molecule has 2 aliphatic rings. The summed E-state index contributed by atoms with van der Waals surface area (Å²) in [7, 11) is 1.93. The molecule has 1 aromatic rings. The Morgan fingerprint density at radius 2 is 2.17 bits per heavy atom. The second kappa shape index (κ2) is 5.34. The first kappa shape index (κ1) is 12.1. The Morgan fingerprint density at radius 1 is 1.28 bits per heavy atom. The van der Waals surface area contributed by atoms with Crippen molar-refractivity contribution in [3.8, 4) is 0 Å². The number of nitrogens with zero attached hydrogens (tertiary/aromatic N) is 3. The Hall–Kier alpha value is -0.970. The Labute approximate surface area is 113 Å². The lowest BCUT2D eigenvalue weighted by molar-refractivity contribution is 0.787. The van der Waals surface area contributed by atoms with Gasteiger partial charge in [0.1, 0.15) is 17.5 Å². The lowest BCUT2D eigenvalue weighted by Crippen LogP contribution is -2.27. The highest BCUT2D eigenvalue weighted by Gasteiger charge is 2.28. The van der Waals surface area contributed by atoms with E-state index in [1.807, 2.05) is 18.8 Å². The molecule has 2 heterocycles. The molecule has 0 aromatic carbocycles. The molecule has 1 aliphatic heterocycles. The second-order valence-electron chi connectivity index (χ2n) is 4.95. The fourth-order valence-electron chi connectivity index (χ4n) is 2.24. The Bertz CT molecular complexity index is 411. The van der Waals surface area contributed by atoms with Crippen molar-refractivity contribution in [3.05, 3.63) is 11.9 Å². The van der Waals surface area contributed by atoms with Gasteiger partial charge in [-0.2, -0.15) is 11.8 Å². The summed E-state index contributed by atoms with van der Waals surface area (Å²) in [6, 6.07) is 2.09. The molecule has 0 atom stereocenters. The van der Waals surface area contributed by atoms with Crippen LogP contribution in [0.4, 0.5) is 11.6 Å². The highest BCUT2D eigenvalue weighted by atomic mass is 32.2. The van der Waals surface area contributed by atoms with Crippen LogP contribution >= 0.6 is 11.8 Å². The first-order valence-electron chi connectivity index (χ1n) is 6.76. The molecule has 0 amide bonds. The molecule has 1 aromatic heterocycles. The summed E-state index contributed by atoms with van der Waals surface area (Å²) < 4.78 is 0. The van der Waals surface area contributed by atoms with Gasteiger partial charge in [0, 0.05) is 37.9 Å². The van der Waals surface area contributed by atoms with Gasteiger partial charge in [0.05, 0.1) is 0 Å². The monoisotopic (exact) mass is 264 g/mol. The number of thioether (sulfide) groups is 1. The molecule has 1 saturated carbocycles. The van der Waals surface area contributed by atoms with E-state index in [1.165, 1.54) is 30.8 Å². The van der Waals surface area contributed by atoms with Crippen LogP contribution in [0.5, 0.6) is 0 Å². The van der Waals surface area contributed by atoms with E-state index in [9.17, 15) is 0 Å². The summed E-state index contributed by atoms with van der Waals surface area (Å²) in [4.78, 5) is 11.8. The van der Waals surface area contributed by atoms with E-state index in [4.69, 9.17) is 4.98 Å². The molecule has 1 saturated heterocycles. The summed E-state index contributed by atoms with van der Waals surface area (Å²) in [5, 5.41) is 3.16. The SMILES string of the molecule is CNc1cc(N2CCCSCC2)nc(C2CC2)n1. The van der Waals surface area contributed by atoms with Crippen LogP contribution in [-0.4, -0.2) is 41.6 Å². The van der Waals surface area contributed by atoms with Crippen LogP contribution in [-0.2, 0) is 0 Å². The fourth-order valence-corrected chi connectivity index (χ4v) is 3.13. The maximum absolute atomic E-state index is 4.77. The van der Waals surface area contributed by atoms with Gasteiger partial charge >= 0.3 is 0 Å². The van der Waals surface area contributed by atoms with E-state index in [1.54, 1.807) is 0 Å². The van der Waals surface area contributed by atoms with E-state index < -0.39 is 0 Å². The zero-order valence-electron chi connectivity index (χ0n) is 10.9. The molecular weight excluding hydrogens is 244 g/mol. The van der Waals surface area contributed by atoms with Crippen molar-refractivity contribution in [2.24, 2.45) is 0 Å². The number of nitrogens with one attached hydrogen (secondary N) is 1. The molecule has 0 spiro atoms. The van der Waals surface area contributed by atoms with Gasteiger partial charge in [-0.15, -0.1) is 0 Å². The number of anilines is 2. The molecule has 1 aliphatic carbocycles. The Balaban J connectivity index is 1.86. The molecule has 1 N–H and O–H groups in total. The molecule has 3 rings (SSSR count). The maximum atomic E-state index is 4.77. The van der Waals surface area contributed by atoms with Crippen LogP contribution < -0.4 is 10.2 Å². The molecule has 0 unspecified atom stereocenters. The van der Waals surface area contributed by atoms with Crippen LogP contribution in [0.15, 0.2) is 6.07 Å². The first-order chi connectivity index (χ1) is 8.86. The minimum absolute atomic E-state index is 0.610. The molecule has 98 valence electrons. The lowest BCUT2D eigenvalue weighted by Gasteiger charge is -2.22. The van der Waals surface area contributed by atoms with Gasteiger partial charge < -0.3 is 10.2 Å². The van der Waals surface area contributed by atoms with Crippen LogP contribution in [0.25, 0.3) is 0 Å². The van der Waals surface area contributed by atoms with E-state index in [-0.39, 0.29) is 0 Å². The van der Waals surface area contributed by atoms with Crippen molar-refractivity contribution in [3.63, 3.8) is 0 Å². The number of aromatic nitrogens is 2. The number of rotatable bonds is 3. The van der Waals surface area contributed by atoms with Crippen molar-refractivity contribution < 1.29 is 0 Å². The van der Waals surface area contributed by atoms with E-state index in [2.05, 4.69) is 21.3 Å². The fraction of sp³-hybridized carbons (Fsp3) is 0.692. The minimum Gasteiger partial charge on any atom is -0.373 e. The maximum Gasteiger partial charge on any atom is 0.136 e. The third-order valence-electron chi connectivity index (χ3n) is 3.47. The number of hydrogen-bond acceptors (Lipinski definition) is 5. The van der Waals surface area contributed by atoms with Crippen molar-refractivity contribution in [2.75, 3.05) is 41.9 Å². The minimum atomic E-state index is 0.610. The zero-order chi connectivity index (χ0) is 12.4. The third-order valence-corrected chi connectivity index (χ3v) is 4.52. The van der Waals surface area contributed by atoms with Crippen molar-refractivity contribution in [1.29, 1.82) is 0 Å². The first-order valence-corrected chi connectivity index (χ1v) is 7.92. The highest BCUT2D eigenvalue weighted by Crippen LogP contribution is 2.39. The summed E-state index contributed by atoms with van der Waals surface area (Å²) in [6.45, 7) is 2.23. The summed E-state index contributed by atoms with van der Waals surface area (Å²) in [5.74, 6) is 6.19. The Kier molecular flexibility index (Phi) is 3.59. The van der Waals surface area contributed by atoms with E-state index in [0.29, 0.717) is 5.92 Å². The number of hydrogen-bond donors (Lipinski definition) is 1. The standard InChI is InChI=1S/C13H20N4S/c1-14-11-9-12(16-13(15-11)10-3-4-10)17-5-2-7-18-8-6-17/h9-10H,2-8H2,1H3,(H,14,15,16). The molecule has 0 radical (unpaired) electrons. The average Bonchev–Trinajstić information content (AvgIpc) is 3.24. The second-order valence-corrected chi connectivity index (χ2v) is 6.17. The van der Waals surface area contributed by atoms with E-state index >= 15 is 0 Å². The quantitative estimate of drug-likeness (QED) is 0.907. The molecule has 0 bridgehead atoms. The molecule has 4 nitrogen and oxygen atoms in total. The van der Waals surface area contributed by atoms with Gasteiger partial charge in [0.25, 0.3) is 0 Å². The van der Waals surface area contributed by atoms with Gasteiger partial charge in [-0.3, -0.25) is 0 Å². The predicted octanol–water partition coefficient (Wildman–Crippen LogP) is 2.34. The lowest BCUT2D eigenvalue weighted by atomic mass is 10.3. The van der Waals surface area contributed by atoms with Gasteiger partial charge in [0.15, 0.2) is 0 Å². The zero-order valence-corrected chi connectivity index (χ0v) is 11.7. The van der Waals surface area contributed by atoms with Crippen LogP contribution in [0.1, 0.15) is 31.0 Å². The van der Waals surface area contributed by atoms with Crippen LogP contribution in [0.2, 0.25) is 0 Å². The van der Waals surface area contributed by atoms with Crippen molar-refractivity contribution in [2.45, 2.75) is 25.2 Å². The van der Waals surface area contributed by atoms with Gasteiger partial charge in [0.2, 0.25) is 0 Å².